The number of aromatic nitrogens is 4. The third-order valence-electron chi connectivity index (χ3n) is 5.71. The van der Waals surface area contributed by atoms with Crippen LogP contribution in [-0.2, 0) is 13.2 Å². The van der Waals surface area contributed by atoms with Crippen LogP contribution in [0.25, 0.3) is 21.5 Å². The van der Waals surface area contributed by atoms with E-state index in [-0.39, 0.29) is 24.4 Å². The van der Waals surface area contributed by atoms with E-state index in [2.05, 4.69) is 9.97 Å². The van der Waals surface area contributed by atoms with Gasteiger partial charge in [0.15, 0.2) is 0 Å². The predicted octanol–water partition coefficient (Wildman–Crippen LogP) is 4.98. The molecule has 0 unspecified atom stereocenters. The van der Waals surface area contributed by atoms with Gasteiger partial charge in [0.05, 0.1) is 29.1 Å². The van der Waals surface area contributed by atoms with Crippen molar-refractivity contribution in [2.45, 2.75) is 27.0 Å². The number of para-hydroxylation sites is 1. The highest BCUT2D eigenvalue weighted by atomic mass is 35.5. The fourth-order valence-electron chi connectivity index (χ4n) is 4.05. The number of aryl methyl sites for hydroxylation is 2. The van der Waals surface area contributed by atoms with Crippen molar-refractivity contribution in [3.63, 3.8) is 0 Å². The van der Waals surface area contributed by atoms with Crippen LogP contribution in [0.3, 0.4) is 0 Å². The molecule has 4 heterocycles. The Morgan fingerprint density at radius 2 is 1.89 bits per heavy atom. The summed E-state index contributed by atoms with van der Waals surface area (Å²) < 4.78 is 7.77. The van der Waals surface area contributed by atoms with Crippen molar-refractivity contribution in [2.75, 3.05) is 11.5 Å². The maximum Gasteiger partial charge on any atom is 0.274 e. The van der Waals surface area contributed by atoms with Crippen LogP contribution in [0.1, 0.15) is 22.6 Å². The number of nitrogens with two attached hydrogens (primary N) is 2. The Hall–Kier alpha value is -3.95. The molecule has 0 amide bonds. The smallest absolute Gasteiger partial charge is 0.274 e. The molecule has 0 saturated heterocycles. The van der Waals surface area contributed by atoms with Gasteiger partial charge in [0.2, 0.25) is 0 Å². The summed E-state index contributed by atoms with van der Waals surface area (Å²) in [4.78, 5) is 26.3. The number of nitrogens with zero attached hydrogens (tertiary/aromatic N) is 4. The van der Waals surface area contributed by atoms with Gasteiger partial charge in [-0.15, -0.1) is 0 Å². The highest BCUT2D eigenvalue weighted by molar-refractivity contribution is 7.18. The van der Waals surface area contributed by atoms with E-state index in [1.165, 1.54) is 15.9 Å². The number of benzene rings is 1. The van der Waals surface area contributed by atoms with Crippen LogP contribution in [0, 0.1) is 13.8 Å². The highest BCUT2D eigenvalue weighted by Crippen LogP contribution is 2.36. The average molecular weight is 519 g/mol. The molecule has 10 heteroatoms. The maximum atomic E-state index is 12.5. The largest absolute Gasteiger partial charge is 0.486 e. The van der Waals surface area contributed by atoms with Crippen molar-refractivity contribution in [3.05, 3.63) is 92.9 Å². The SMILES string of the molecule is Cc1cc(Cl)c(COc2cccc3c(-c4ncc(N)s4)cc(C)nc23)c(Cn2cccc(N)c2=O)n1. The lowest BCUT2D eigenvalue weighted by atomic mass is 10.1. The van der Waals surface area contributed by atoms with E-state index in [0.29, 0.717) is 32.5 Å². The topological polar surface area (TPSA) is 122 Å². The number of fused-ring (bicyclic) bond motifs is 1. The Labute approximate surface area is 216 Å². The maximum absolute atomic E-state index is 12.5. The normalized spacial score (nSPS) is 11.2. The summed E-state index contributed by atoms with van der Waals surface area (Å²) in [5.74, 6) is 0.602. The van der Waals surface area contributed by atoms with Crippen molar-refractivity contribution in [3.8, 4) is 16.3 Å². The van der Waals surface area contributed by atoms with Crippen LogP contribution in [0.15, 0.2) is 59.7 Å². The number of pyridine rings is 3. The van der Waals surface area contributed by atoms with Crippen LogP contribution in [0.4, 0.5) is 10.7 Å². The van der Waals surface area contributed by atoms with Gasteiger partial charge in [-0.05, 0) is 44.2 Å². The molecule has 1 aromatic carbocycles. The molecule has 0 aliphatic heterocycles. The minimum Gasteiger partial charge on any atom is -0.486 e. The molecule has 0 fully saturated rings. The minimum atomic E-state index is -0.284. The van der Waals surface area contributed by atoms with E-state index >= 15 is 0 Å². The van der Waals surface area contributed by atoms with Gasteiger partial charge in [0, 0.05) is 34.1 Å². The third kappa shape index (κ3) is 4.62. The summed E-state index contributed by atoms with van der Waals surface area (Å²) in [6, 6.07) is 12.8. The fourth-order valence-corrected chi connectivity index (χ4v) is 5.08. The van der Waals surface area contributed by atoms with Gasteiger partial charge in [-0.25, -0.2) is 9.97 Å². The lowest BCUT2D eigenvalue weighted by Crippen LogP contribution is -2.23. The van der Waals surface area contributed by atoms with E-state index < -0.39 is 0 Å². The van der Waals surface area contributed by atoms with Crippen molar-refractivity contribution < 1.29 is 4.74 Å². The lowest BCUT2D eigenvalue weighted by molar-refractivity contribution is 0.307. The fraction of sp³-hybridized carbons (Fsp3) is 0.154. The number of nitrogen functional groups attached to an aromatic ring is 2. The lowest BCUT2D eigenvalue weighted by Gasteiger charge is -2.16. The third-order valence-corrected chi connectivity index (χ3v) is 6.91. The van der Waals surface area contributed by atoms with Crippen molar-refractivity contribution >= 4 is 44.5 Å². The number of thiazole rings is 1. The van der Waals surface area contributed by atoms with Crippen LogP contribution >= 0.6 is 22.9 Å². The predicted molar refractivity (Wildman–Crippen MR) is 145 cm³/mol. The van der Waals surface area contributed by atoms with Gasteiger partial charge < -0.3 is 20.8 Å². The van der Waals surface area contributed by atoms with Crippen molar-refractivity contribution in [1.82, 2.24) is 19.5 Å². The summed E-state index contributed by atoms with van der Waals surface area (Å²) in [5.41, 5.74) is 16.2. The van der Waals surface area contributed by atoms with Gasteiger partial charge in [-0.3, -0.25) is 9.78 Å². The Morgan fingerprint density at radius 1 is 1.08 bits per heavy atom. The molecule has 4 aromatic heterocycles. The molecule has 0 saturated carbocycles. The molecule has 36 heavy (non-hydrogen) atoms. The zero-order valence-corrected chi connectivity index (χ0v) is 21.2. The van der Waals surface area contributed by atoms with E-state index in [9.17, 15) is 4.79 Å². The van der Waals surface area contributed by atoms with E-state index in [1.54, 1.807) is 30.6 Å². The average Bonchev–Trinajstić information content (AvgIpc) is 3.27. The number of hydrogen-bond acceptors (Lipinski definition) is 8. The van der Waals surface area contributed by atoms with Crippen molar-refractivity contribution in [2.24, 2.45) is 0 Å². The number of anilines is 2. The molecular weight excluding hydrogens is 496 g/mol. The van der Waals surface area contributed by atoms with E-state index in [1.807, 2.05) is 38.1 Å². The zero-order chi connectivity index (χ0) is 25.4. The van der Waals surface area contributed by atoms with Crippen LogP contribution in [0.2, 0.25) is 5.02 Å². The summed E-state index contributed by atoms with van der Waals surface area (Å²) in [7, 11) is 0. The van der Waals surface area contributed by atoms with Gasteiger partial charge in [-0.1, -0.05) is 35.1 Å². The number of hydrogen-bond donors (Lipinski definition) is 2. The molecular formula is C26H23ClN6O2S. The molecule has 4 N–H and O–H groups in total. The van der Waals surface area contributed by atoms with Gasteiger partial charge in [0.1, 0.15) is 27.9 Å². The molecule has 0 radical (unpaired) electrons. The second-order valence-electron chi connectivity index (χ2n) is 8.39. The highest BCUT2D eigenvalue weighted by Gasteiger charge is 2.16. The molecule has 0 aliphatic carbocycles. The first-order valence-electron chi connectivity index (χ1n) is 11.1. The summed E-state index contributed by atoms with van der Waals surface area (Å²) in [5, 5.41) is 2.89. The quantitative estimate of drug-likeness (QED) is 0.325. The monoisotopic (exact) mass is 518 g/mol. The second kappa shape index (κ2) is 9.60. The molecule has 5 aromatic rings. The number of halogens is 1. The Morgan fingerprint density at radius 3 is 2.67 bits per heavy atom. The van der Waals surface area contributed by atoms with Gasteiger partial charge in [-0.2, -0.15) is 0 Å². The van der Waals surface area contributed by atoms with Crippen LogP contribution < -0.4 is 21.8 Å². The molecule has 182 valence electrons. The Balaban J connectivity index is 1.52. The van der Waals surface area contributed by atoms with Gasteiger partial charge in [0.25, 0.3) is 5.56 Å². The van der Waals surface area contributed by atoms with Gasteiger partial charge >= 0.3 is 0 Å². The first kappa shape index (κ1) is 23.8. The summed E-state index contributed by atoms with van der Waals surface area (Å²) in [6.45, 7) is 4.14. The number of rotatable bonds is 6. The number of ether oxygens (including phenoxy) is 1. The van der Waals surface area contributed by atoms with Crippen molar-refractivity contribution in [1.29, 1.82) is 0 Å². The zero-order valence-electron chi connectivity index (χ0n) is 19.7. The Kier molecular flexibility index (Phi) is 6.34. The van der Waals surface area contributed by atoms with E-state index in [0.717, 1.165) is 27.3 Å². The molecule has 0 aliphatic rings. The second-order valence-corrected chi connectivity index (χ2v) is 9.86. The summed E-state index contributed by atoms with van der Waals surface area (Å²) in [6.07, 6.45) is 3.33. The molecule has 5 rings (SSSR count). The molecule has 0 atom stereocenters. The minimum absolute atomic E-state index is 0.146. The first-order chi connectivity index (χ1) is 17.3. The Bertz CT molecular complexity index is 1660. The van der Waals surface area contributed by atoms with Crippen LogP contribution in [-0.4, -0.2) is 19.5 Å². The molecule has 8 nitrogen and oxygen atoms in total. The molecule has 0 bridgehead atoms. The van der Waals surface area contributed by atoms with Crippen LogP contribution in [0.5, 0.6) is 5.75 Å². The standard InChI is InChI=1S/C26H23ClN6O2S/c1-14-9-17(25-30-11-23(29)36-25)16-5-3-7-22(24(16)32-14)35-13-18-19(27)10-15(2)31-21(18)12-33-8-4-6-20(28)26(33)34/h3-11H,12-13,28-29H2,1-2H3. The first-order valence-corrected chi connectivity index (χ1v) is 12.3. The summed E-state index contributed by atoms with van der Waals surface area (Å²) >= 11 is 8.05. The molecule has 0 spiro atoms. The van der Waals surface area contributed by atoms with E-state index in [4.69, 9.17) is 32.8 Å².